The molecular weight excluding hydrogens is 330 g/mol. The molecule has 0 spiro atoms. The monoisotopic (exact) mass is 351 g/mol. The zero-order chi connectivity index (χ0) is 18.1. The highest BCUT2D eigenvalue weighted by Crippen LogP contribution is 2.24. The van der Waals surface area contributed by atoms with Gasteiger partial charge >= 0.3 is 0 Å². The number of pyridine rings is 1. The molecule has 1 aliphatic rings. The van der Waals surface area contributed by atoms with Crippen LogP contribution in [0, 0.1) is 6.92 Å². The van der Waals surface area contributed by atoms with Crippen LogP contribution >= 0.6 is 0 Å². The van der Waals surface area contributed by atoms with E-state index < -0.39 is 0 Å². The summed E-state index contributed by atoms with van der Waals surface area (Å²) < 4.78 is 1.97. The molecule has 0 aliphatic heterocycles. The maximum absolute atomic E-state index is 12.4. The summed E-state index contributed by atoms with van der Waals surface area (Å²) in [4.78, 5) is 25.5. The van der Waals surface area contributed by atoms with Crippen LogP contribution in [0.15, 0.2) is 36.9 Å². The fourth-order valence-corrected chi connectivity index (χ4v) is 3.45. The number of nitrogens with one attached hydrogen (secondary N) is 1. The first-order valence-corrected chi connectivity index (χ1v) is 8.86. The lowest BCUT2D eigenvalue weighted by Crippen LogP contribution is -2.38. The minimum Gasteiger partial charge on any atom is -0.393 e. The number of aliphatic hydroxyl groups excluding tert-OH is 1. The maximum Gasteiger partial charge on any atom is 0.270 e. The Bertz CT molecular complexity index is 927. The number of hydrogen-bond acceptors (Lipinski definition) is 5. The molecule has 0 unspecified atom stereocenters. The predicted molar refractivity (Wildman–Crippen MR) is 96.7 cm³/mol. The number of amides is 1. The second-order valence-electron chi connectivity index (χ2n) is 6.75. The summed E-state index contributed by atoms with van der Waals surface area (Å²) in [7, 11) is 0. The molecule has 3 aromatic rings. The summed E-state index contributed by atoms with van der Waals surface area (Å²) >= 11 is 0. The van der Waals surface area contributed by atoms with Crippen LogP contribution in [0.3, 0.4) is 0 Å². The number of hydrogen-bond donors (Lipinski definition) is 2. The maximum atomic E-state index is 12.4. The van der Waals surface area contributed by atoms with Crippen LogP contribution in [0.25, 0.3) is 16.8 Å². The van der Waals surface area contributed by atoms with Crippen molar-refractivity contribution < 1.29 is 9.90 Å². The molecule has 3 aromatic heterocycles. The molecule has 1 amide bonds. The first-order chi connectivity index (χ1) is 12.6. The summed E-state index contributed by atoms with van der Waals surface area (Å²) in [6.45, 7) is 1.94. The van der Waals surface area contributed by atoms with E-state index in [9.17, 15) is 9.90 Å². The third-order valence-corrected chi connectivity index (χ3v) is 4.92. The Labute approximate surface area is 151 Å². The van der Waals surface area contributed by atoms with Gasteiger partial charge in [-0.2, -0.15) is 0 Å². The van der Waals surface area contributed by atoms with Crippen molar-refractivity contribution in [3.05, 3.63) is 48.4 Å². The molecule has 2 N–H and O–H groups in total. The predicted octanol–water partition coefficient (Wildman–Crippen LogP) is 2.13. The number of carbonyl (C=O) groups is 1. The van der Waals surface area contributed by atoms with Crippen LogP contribution in [0.1, 0.15) is 42.0 Å². The van der Waals surface area contributed by atoms with E-state index in [-0.39, 0.29) is 18.1 Å². The molecule has 1 saturated carbocycles. The minimum atomic E-state index is -0.233. The van der Waals surface area contributed by atoms with Gasteiger partial charge in [0.25, 0.3) is 5.91 Å². The molecule has 0 aromatic carbocycles. The minimum absolute atomic E-state index is 0.109. The largest absolute Gasteiger partial charge is 0.393 e. The summed E-state index contributed by atoms with van der Waals surface area (Å²) in [6, 6.07) is 3.69. The second kappa shape index (κ2) is 6.84. The molecule has 26 heavy (non-hydrogen) atoms. The fraction of sp³-hybridized carbons (Fsp3) is 0.368. The van der Waals surface area contributed by atoms with E-state index in [1.807, 2.05) is 23.6 Å². The van der Waals surface area contributed by atoms with Crippen LogP contribution < -0.4 is 5.32 Å². The van der Waals surface area contributed by atoms with Gasteiger partial charge in [-0.15, -0.1) is 0 Å². The highest BCUT2D eigenvalue weighted by Gasteiger charge is 2.21. The molecule has 7 nitrogen and oxygen atoms in total. The zero-order valence-corrected chi connectivity index (χ0v) is 14.6. The van der Waals surface area contributed by atoms with Crippen molar-refractivity contribution in [2.24, 2.45) is 0 Å². The average Bonchev–Trinajstić information content (AvgIpc) is 3.01. The quantitative estimate of drug-likeness (QED) is 0.754. The first-order valence-electron chi connectivity index (χ1n) is 8.86. The number of fused-ring (bicyclic) bond motifs is 1. The van der Waals surface area contributed by atoms with Gasteiger partial charge in [0, 0.05) is 30.2 Å². The van der Waals surface area contributed by atoms with Crippen LogP contribution in [-0.2, 0) is 0 Å². The molecular formula is C19H21N5O2. The third kappa shape index (κ3) is 3.17. The van der Waals surface area contributed by atoms with Crippen molar-refractivity contribution in [1.82, 2.24) is 24.7 Å². The Hall–Kier alpha value is -2.80. The summed E-state index contributed by atoms with van der Waals surface area (Å²) in [5, 5.41) is 12.6. The van der Waals surface area contributed by atoms with Crippen molar-refractivity contribution in [1.29, 1.82) is 0 Å². The van der Waals surface area contributed by atoms with Crippen molar-refractivity contribution in [2.45, 2.75) is 44.8 Å². The zero-order valence-electron chi connectivity index (χ0n) is 14.6. The molecule has 4 rings (SSSR count). The lowest BCUT2D eigenvalue weighted by Gasteiger charge is -2.26. The van der Waals surface area contributed by atoms with Crippen LogP contribution in [-0.4, -0.2) is 42.5 Å². The number of nitrogens with zero attached hydrogens (tertiary/aromatic N) is 4. The van der Waals surface area contributed by atoms with Gasteiger partial charge in [0.1, 0.15) is 11.5 Å². The van der Waals surface area contributed by atoms with Gasteiger partial charge in [0.15, 0.2) is 0 Å². The van der Waals surface area contributed by atoms with Crippen molar-refractivity contribution in [2.75, 3.05) is 0 Å². The molecule has 1 aliphatic carbocycles. The van der Waals surface area contributed by atoms with E-state index in [1.165, 1.54) is 0 Å². The Morgan fingerprint density at radius 1 is 1.23 bits per heavy atom. The van der Waals surface area contributed by atoms with Gasteiger partial charge in [-0.05, 0) is 44.7 Å². The number of carbonyl (C=O) groups excluding carboxylic acids is 1. The first kappa shape index (κ1) is 16.7. The van der Waals surface area contributed by atoms with Crippen LogP contribution in [0.4, 0.5) is 0 Å². The van der Waals surface area contributed by atoms with E-state index >= 15 is 0 Å². The number of rotatable bonds is 3. The molecule has 3 heterocycles. The van der Waals surface area contributed by atoms with Gasteiger partial charge in [-0.3, -0.25) is 14.8 Å². The third-order valence-electron chi connectivity index (χ3n) is 4.92. The van der Waals surface area contributed by atoms with Gasteiger partial charge in [-0.1, -0.05) is 0 Å². The van der Waals surface area contributed by atoms with Crippen molar-refractivity contribution in [3.63, 3.8) is 0 Å². The Morgan fingerprint density at radius 2 is 2.04 bits per heavy atom. The molecule has 7 heteroatoms. The van der Waals surface area contributed by atoms with E-state index in [0.717, 1.165) is 48.3 Å². The van der Waals surface area contributed by atoms with Gasteiger partial charge in [-0.25, -0.2) is 4.98 Å². The van der Waals surface area contributed by atoms with Crippen molar-refractivity contribution in [3.8, 4) is 11.3 Å². The van der Waals surface area contributed by atoms with E-state index in [0.29, 0.717) is 5.69 Å². The van der Waals surface area contributed by atoms with Crippen LogP contribution in [0.2, 0.25) is 0 Å². The Morgan fingerprint density at radius 3 is 2.77 bits per heavy atom. The smallest absolute Gasteiger partial charge is 0.270 e. The average molecular weight is 351 g/mol. The summed E-state index contributed by atoms with van der Waals surface area (Å²) in [5.41, 5.74) is 2.94. The standard InChI is InChI=1S/C19H21N5O2/c1-12-22-18(17-11-20-8-9-24(12)17)13-2-7-16(21-10-13)19(26)23-14-3-5-15(25)6-4-14/h2,7-11,14-15,25H,3-6H2,1H3,(H,23,26). The molecule has 1 fully saturated rings. The summed E-state index contributed by atoms with van der Waals surface area (Å²) in [6.07, 6.45) is 9.88. The fourth-order valence-electron chi connectivity index (χ4n) is 3.45. The molecule has 0 bridgehead atoms. The highest BCUT2D eigenvalue weighted by atomic mass is 16.3. The lowest BCUT2D eigenvalue weighted by molar-refractivity contribution is 0.0863. The van der Waals surface area contributed by atoms with Gasteiger partial charge in [0.05, 0.1) is 23.5 Å². The molecule has 134 valence electrons. The topological polar surface area (TPSA) is 92.4 Å². The van der Waals surface area contributed by atoms with Gasteiger partial charge in [0.2, 0.25) is 0 Å². The van der Waals surface area contributed by atoms with E-state index in [4.69, 9.17) is 0 Å². The van der Waals surface area contributed by atoms with Crippen molar-refractivity contribution >= 4 is 11.4 Å². The number of imidazole rings is 1. The number of aliphatic hydroxyl groups is 1. The number of aryl methyl sites for hydroxylation is 1. The lowest BCUT2D eigenvalue weighted by atomic mass is 9.93. The molecule has 0 saturated heterocycles. The normalized spacial score (nSPS) is 20.2. The number of aromatic nitrogens is 4. The summed E-state index contributed by atoms with van der Waals surface area (Å²) in [5.74, 6) is 0.698. The SMILES string of the molecule is Cc1nc(-c2ccc(C(=O)NC3CCC(O)CC3)nc2)c2cnccn12. The second-order valence-corrected chi connectivity index (χ2v) is 6.75. The molecule has 0 radical (unpaired) electrons. The van der Waals surface area contributed by atoms with E-state index in [1.54, 1.807) is 24.7 Å². The van der Waals surface area contributed by atoms with Gasteiger partial charge < -0.3 is 14.8 Å². The Balaban J connectivity index is 1.52. The Kier molecular flexibility index (Phi) is 4.38. The highest BCUT2D eigenvalue weighted by molar-refractivity contribution is 5.93. The molecule has 0 atom stereocenters. The van der Waals surface area contributed by atoms with E-state index in [2.05, 4.69) is 20.3 Å². The van der Waals surface area contributed by atoms with Crippen LogP contribution in [0.5, 0.6) is 0 Å².